The minimum Gasteiger partial charge on any atom is -0.494 e. The molecule has 0 unspecified atom stereocenters. The molecular formula is C22H29N9O3. The topological polar surface area (TPSA) is 150 Å². The average molecular weight is 468 g/mol. The van der Waals surface area contributed by atoms with E-state index in [9.17, 15) is 4.79 Å². The number of likely N-dealkylation sites (tertiary alicyclic amines) is 1. The van der Waals surface area contributed by atoms with Crippen LogP contribution < -0.4 is 15.9 Å². The zero-order valence-corrected chi connectivity index (χ0v) is 19.6. The lowest BCUT2D eigenvalue weighted by Gasteiger charge is -2.33. The molecule has 3 heterocycles. The van der Waals surface area contributed by atoms with Crippen LogP contribution >= 0.6 is 0 Å². The summed E-state index contributed by atoms with van der Waals surface area (Å²) in [5, 5.41) is 19.9. The molecule has 1 aromatic carbocycles. The number of carbonyl (C=O) groups is 1. The van der Waals surface area contributed by atoms with Crippen LogP contribution in [0.5, 0.6) is 5.75 Å². The number of nitrogens with two attached hydrogens (primary N) is 1. The maximum atomic E-state index is 13.1. The summed E-state index contributed by atoms with van der Waals surface area (Å²) >= 11 is 0. The number of amides is 1. The van der Waals surface area contributed by atoms with Crippen LogP contribution in [-0.2, 0) is 6.54 Å². The lowest BCUT2D eigenvalue weighted by atomic mass is 10.0. The molecule has 3 N–H and O–H groups in total. The van der Waals surface area contributed by atoms with Crippen LogP contribution in [-0.4, -0.2) is 61.0 Å². The minimum absolute atomic E-state index is 0.0640. The summed E-state index contributed by atoms with van der Waals surface area (Å²) in [5.41, 5.74) is 10.7. The number of nitrogen functional groups attached to an aromatic ring is 1. The second-order valence-corrected chi connectivity index (χ2v) is 8.18. The fraction of sp³-hybridized carbons (Fsp3) is 0.455. The van der Waals surface area contributed by atoms with Crippen LogP contribution in [0.3, 0.4) is 0 Å². The number of nitrogens with one attached hydrogen (secondary N) is 1. The van der Waals surface area contributed by atoms with Crippen molar-refractivity contribution in [3.05, 3.63) is 41.2 Å². The molecule has 12 heteroatoms. The summed E-state index contributed by atoms with van der Waals surface area (Å²) in [6.45, 7) is 7.87. The lowest BCUT2D eigenvalue weighted by molar-refractivity contribution is 0.0944. The average Bonchev–Trinajstić information content (AvgIpc) is 3.45. The normalized spacial score (nSPS) is 17.0. The number of piperidine rings is 1. The fourth-order valence-electron chi connectivity index (χ4n) is 3.92. The Morgan fingerprint density at radius 1 is 1.29 bits per heavy atom. The van der Waals surface area contributed by atoms with Crippen molar-refractivity contribution in [2.45, 2.75) is 52.6 Å². The zero-order valence-electron chi connectivity index (χ0n) is 19.6. The van der Waals surface area contributed by atoms with Gasteiger partial charge in [-0.25, -0.2) is 10.1 Å². The number of carbonyl (C=O) groups excluding carboxylic acids is 1. The molecule has 1 aliphatic heterocycles. The van der Waals surface area contributed by atoms with E-state index in [1.54, 1.807) is 0 Å². The van der Waals surface area contributed by atoms with Gasteiger partial charge in [-0.3, -0.25) is 9.69 Å². The molecule has 180 valence electrons. The molecule has 3 aromatic rings. The highest BCUT2D eigenvalue weighted by atomic mass is 16.6. The van der Waals surface area contributed by atoms with E-state index >= 15 is 0 Å². The number of anilines is 1. The standard InChI is InChI=1S/C22H29N9O3/c1-4-33-17-10-8-16(9-11-17)15(3)24-26-22(32)19-18(13-30-12-6-5-7-14(30)2)31(29-25-19)21-20(23)27-34-28-21/h8-11,14H,4-7,12-13H2,1-3H3,(H2,23,27)(H,26,32)/b24-15+/t14-/m0/s1. The van der Waals surface area contributed by atoms with E-state index in [0.717, 1.165) is 30.7 Å². The molecule has 1 aliphatic rings. The molecule has 0 bridgehead atoms. The molecule has 1 saturated heterocycles. The van der Waals surface area contributed by atoms with Gasteiger partial charge in [0.1, 0.15) is 5.75 Å². The first-order chi connectivity index (χ1) is 16.5. The van der Waals surface area contributed by atoms with Gasteiger partial charge in [-0.15, -0.1) is 5.10 Å². The highest BCUT2D eigenvalue weighted by molar-refractivity contribution is 6.00. The molecule has 4 rings (SSSR count). The summed E-state index contributed by atoms with van der Waals surface area (Å²) in [6, 6.07) is 7.85. The molecule has 1 fully saturated rings. The Morgan fingerprint density at radius 3 is 2.76 bits per heavy atom. The number of hydrogen-bond donors (Lipinski definition) is 2. The molecule has 34 heavy (non-hydrogen) atoms. The Balaban J connectivity index is 1.57. The Bertz CT molecular complexity index is 1150. The number of nitrogens with zero attached hydrogens (tertiary/aromatic N) is 7. The largest absolute Gasteiger partial charge is 0.494 e. The molecule has 0 saturated carbocycles. The van der Waals surface area contributed by atoms with Crippen LogP contribution in [0.15, 0.2) is 34.0 Å². The van der Waals surface area contributed by atoms with E-state index in [1.165, 1.54) is 11.1 Å². The summed E-state index contributed by atoms with van der Waals surface area (Å²) in [5.74, 6) is 0.554. The van der Waals surface area contributed by atoms with E-state index < -0.39 is 5.91 Å². The lowest BCUT2D eigenvalue weighted by Crippen LogP contribution is -2.38. The van der Waals surface area contributed by atoms with E-state index in [2.05, 4.69) is 43.0 Å². The molecular weight excluding hydrogens is 438 g/mol. The van der Waals surface area contributed by atoms with E-state index in [1.807, 2.05) is 38.1 Å². The van der Waals surface area contributed by atoms with Gasteiger partial charge in [-0.05, 0) is 80.3 Å². The fourth-order valence-corrected chi connectivity index (χ4v) is 3.92. The zero-order chi connectivity index (χ0) is 24.1. The van der Waals surface area contributed by atoms with E-state index in [-0.39, 0.29) is 17.3 Å². The van der Waals surface area contributed by atoms with Gasteiger partial charge in [0.25, 0.3) is 5.91 Å². The van der Waals surface area contributed by atoms with Crippen LogP contribution in [0.1, 0.15) is 61.8 Å². The third-order valence-electron chi connectivity index (χ3n) is 5.88. The van der Waals surface area contributed by atoms with Gasteiger partial charge in [-0.2, -0.15) is 9.78 Å². The Kier molecular flexibility index (Phi) is 7.16. The van der Waals surface area contributed by atoms with Crippen molar-refractivity contribution < 1.29 is 14.2 Å². The first-order valence-electron chi connectivity index (χ1n) is 11.3. The van der Waals surface area contributed by atoms with Crippen LogP contribution in [0, 0.1) is 0 Å². The maximum Gasteiger partial charge on any atom is 0.293 e. The molecule has 0 spiro atoms. The second-order valence-electron chi connectivity index (χ2n) is 8.18. The van der Waals surface area contributed by atoms with Crippen molar-refractivity contribution in [2.75, 3.05) is 18.9 Å². The van der Waals surface area contributed by atoms with Crippen LogP contribution in [0.25, 0.3) is 5.82 Å². The quantitative estimate of drug-likeness (QED) is 0.375. The maximum absolute atomic E-state index is 13.1. The highest BCUT2D eigenvalue weighted by Crippen LogP contribution is 2.23. The highest BCUT2D eigenvalue weighted by Gasteiger charge is 2.28. The monoisotopic (exact) mass is 467 g/mol. The number of hydrazone groups is 1. The first-order valence-corrected chi connectivity index (χ1v) is 11.3. The number of ether oxygens (including phenoxy) is 1. The molecule has 1 atom stereocenters. The van der Waals surface area contributed by atoms with Gasteiger partial charge in [0, 0.05) is 12.6 Å². The number of benzene rings is 1. The second kappa shape index (κ2) is 10.4. The van der Waals surface area contributed by atoms with Crippen molar-refractivity contribution in [3.63, 3.8) is 0 Å². The Labute approximate surface area is 197 Å². The minimum atomic E-state index is -0.480. The van der Waals surface area contributed by atoms with Gasteiger partial charge < -0.3 is 10.5 Å². The summed E-state index contributed by atoms with van der Waals surface area (Å²) in [6.07, 6.45) is 3.36. The Morgan fingerprint density at radius 2 is 2.09 bits per heavy atom. The molecule has 1 amide bonds. The van der Waals surface area contributed by atoms with Gasteiger partial charge in [0.05, 0.1) is 18.0 Å². The Hall–Kier alpha value is -3.80. The summed E-state index contributed by atoms with van der Waals surface area (Å²) < 4.78 is 11.6. The smallest absolute Gasteiger partial charge is 0.293 e. The van der Waals surface area contributed by atoms with Crippen molar-refractivity contribution in [1.82, 2.24) is 35.6 Å². The van der Waals surface area contributed by atoms with E-state index in [0.29, 0.717) is 30.6 Å². The first kappa shape index (κ1) is 23.4. The van der Waals surface area contributed by atoms with Crippen molar-refractivity contribution >= 4 is 17.4 Å². The molecule has 0 aliphatic carbocycles. The molecule has 2 aromatic heterocycles. The van der Waals surface area contributed by atoms with Gasteiger partial charge >= 0.3 is 0 Å². The predicted octanol–water partition coefficient (Wildman–Crippen LogP) is 2.16. The van der Waals surface area contributed by atoms with Crippen molar-refractivity contribution in [1.29, 1.82) is 0 Å². The SMILES string of the molecule is CCOc1ccc(/C(C)=N/NC(=O)c2nnn(-c3nonc3N)c2CN2CCCC[C@@H]2C)cc1. The van der Waals surface area contributed by atoms with Crippen molar-refractivity contribution in [2.24, 2.45) is 5.10 Å². The number of aromatic nitrogens is 5. The van der Waals surface area contributed by atoms with Crippen LogP contribution in [0.4, 0.5) is 5.82 Å². The third kappa shape index (κ3) is 5.06. The number of rotatable bonds is 8. The summed E-state index contributed by atoms with van der Waals surface area (Å²) in [4.78, 5) is 15.4. The molecule has 0 radical (unpaired) electrons. The van der Waals surface area contributed by atoms with E-state index in [4.69, 9.17) is 15.1 Å². The van der Waals surface area contributed by atoms with Gasteiger partial charge in [-0.1, -0.05) is 11.6 Å². The third-order valence-corrected chi connectivity index (χ3v) is 5.88. The van der Waals surface area contributed by atoms with Gasteiger partial charge in [0.2, 0.25) is 11.6 Å². The summed E-state index contributed by atoms with van der Waals surface area (Å²) in [7, 11) is 0. The molecule has 12 nitrogen and oxygen atoms in total. The van der Waals surface area contributed by atoms with Crippen molar-refractivity contribution in [3.8, 4) is 11.6 Å². The van der Waals surface area contributed by atoms with Gasteiger partial charge in [0.15, 0.2) is 5.69 Å². The number of hydrogen-bond acceptors (Lipinski definition) is 10. The predicted molar refractivity (Wildman–Crippen MR) is 125 cm³/mol. The van der Waals surface area contributed by atoms with Crippen LogP contribution in [0.2, 0.25) is 0 Å².